The van der Waals surface area contributed by atoms with Crippen LogP contribution in [-0.4, -0.2) is 4.57 Å². The first-order chi connectivity index (χ1) is 8.07. The fourth-order valence-corrected chi connectivity index (χ4v) is 2.17. The molecular weight excluding hydrogens is 212 g/mol. The highest BCUT2D eigenvalue weighted by Crippen LogP contribution is 2.20. The number of aromatic nitrogens is 1. The Hall–Kier alpha value is -2.08. The van der Waals surface area contributed by atoms with E-state index in [1.165, 1.54) is 0 Å². The number of pyridine rings is 1. The van der Waals surface area contributed by atoms with Crippen LogP contribution in [0.15, 0.2) is 29.1 Å². The van der Waals surface area contributed by atoms with Crippen molar-refractivity contribution in [2.75, 3.05) is 0 Å². The molecule has 1 heterocycles. The zero-order valence-corrected chi connectivity index (χ0v) is 10.2. The molecule has 0 aliphatic heterocycles. The number of rotatable bonds is 1. The first-order valence-corrected chi connectivity index (χ1v) is 5.62. The second-order valence-electron chi connectivity index (χ2n) is 4.40. The van der Waals surface area contributed by atoms with E-state index < -0.39 is 0 Å². The van der Waals surface area contributed by atoms with Crippen LogP contribution < -0.4 is 5.56 Å². The molecule has 3 nitrogen and oxygen atoms in total. The van der Waals surface area contributed by atoms with Gasteiger partial charge in [0.25, 0.3) is 5.56 Å². The molecule has 0 aliphatic rings. The summed E-state index contributed by atoms with van der Waals surface area (Å²) in [7, 11) is 0. The van der Waals surface area contributed by atoms with Crippen molar-refractivity contribution in [3.63, 3.8) is 0 Å². The van der Waals surface area contributed by atoms with E-state index in [2.05, 4.69) is 6.07 Å². The molecule has 1 aromatic heterocycles. The third-order valence-electron chi connectivity index (χ3n) is 3.00. The third kappa shape index (κ3) is 1.62. The minimum Gasteiger partial charge on any atom is -0.296 e. The van der Waals surface area contributed by atoms with E-state index in [1.54, 1.807) is 4.57 Å². The van der Waals surface area contributed by atoms with Crippen molar-refractivity contribution in [3.8, 4) is 6.07 Å². The van der Waals surface area contributed by atoms with Crippen molar-refractivity contribution in [1.29, 1.82) is 5.26 Å². The number of hydrogen-bond donors (Lipinski definition) is 0. The van der Waals surface area contributed by atoms with Crippen LogP contribution in [-0.2, 0) is 0 Å². The monoisotopic (exact) mass is 226 g/mol. The van der Waals surface area contributed by atoms with Gasteiger partial charge >= 0.3 is 0 Å². The summed E-state index contributed by atoms with van der Waals surface area (Å²) in [5.41, 5.74) is 1.25. The first kappa shape index (κ1) is 11.4. The van der Waals surface area contributed by atoms with Crippen molar-refractivity contribution in [2.24, 2.45) is 0 Å². The second kappa shape index (κ2) is 4.06. The van der Waals surface area contributed by atoms with Gasteiger partial charge in [0, 0.05) is 11.4 Å². The lowest BCUT2D eigenvalue weighted by Gasteiger charge is -2.16. The van der Waals surface area contributed by atoms with Gasteiger partial charge in [0.15, 0.2) is 0 Å². The van der Waals surface area contributed by atoms with Gasteiger partial charge in [-0.1, -0.05) is 18.2 Å². The molecule has 0 fully saturated rings. The molecule has 0 atom stereocenters. The molecule has 2 aromatic rings. The summed E-state index contributed by atoms with van der Waals surface area (Å²) in [6.07, 6.45) is 0. The molecule has 86 valence electrons. The minimum absolute atomic E-state index is 0.0135. The minimum atomic E-state index is -0.0854. The maximum Gasteiger partial charge on any atom is 0.259 e. The van der Waals surface area contributed by atoms with Crippen molar-refractivity contribution in [1.82, 2.24) is 4.57 Å². The van der Waals surface area contributed by atoms with Crippen molar-refractivity contribution in [2.45, 2.75) is 26.8 Å². The lowest BCUT2D eigenvalue weighted by Crippen LogP contribution is -2.25. The number of aryl methyl sites for hydroxylation is 1. The van der Waals surface area contributed by atoms with Gasteiger partial charge in [0.05, 0.1) is 0 Å². The predicted octanol–water partition coefficient (Wildman–Crippen LogP) is 2.76. The zero-order chi connectivity index (χ0) is 12.6. The van der Waals surface area contributed by atoms with E-state index in [1.807, 2.05) is 45.0 Å². The molecule has 17 heavy (non-hydrogen) atoms. The Labute approximate surface area is 99.9 Å². The Morgan fingerprint density at radius 1 is 1.24 bits per heavy atom. The smallest absolute Gasteiger partial charge is 0.259 e. The van der Waals surface area contributed by atoms with Crippen LogP contribution in [0.25, 0.3) is 10.8 Å². The van der Waals surface area contributed by atoms with Gasteiger partial charge in [0.2, 0.25) is 0 Å². The summed E-state index contributed by atoms with van der Waals surface area (Å²) in [4.78, 5) is 12.3. The van der Waals surface area contributed by atoms with Crippen LogP contribution in [0.3, 0.4) is 0 Å². The number of benzene rings is 1. The van der Waals surface area contributed by atoms with Crippen molar-refractivity contribution < 1.29 is 0 Å². The van der Waals surface area contributed by atoms with E-state index in [0.29, 0.717) is 11.1 Å². The number of nitriles is 1. The summed E-state index contributed by atoms with van der Waals surface area (Å²) < 4.78 is 1.57. The lowest BCUT2D eigenvalue weighted by atomic mass is 10.0. The molecule has 0 saturated carbocycles. The van der Waals surface area contributed by atoms with Crippen LogP contribution in [0.1, 0.15) is 31.1 Å². The Morgan fingerprint density at radius 2 is 1.82 bits per heavy atom. The van der Waals surface area contributed by atoms with Crippen LogP contribution in [0.2, 0.25) is 0 Å². The van der Waals surface area contributed by atoms with E-state index in [-0.39, 0.29) is 11.6 Å². The maximum absolute atomic E-state index is 12.3. The molecule has 0 unspecified atom stereocenters. The Kier molecular flexibility index (Phi) is 2.72. The highest BCUT2D eigenvalue weighted by atomic mass is 16.1. The molecule has 3 heteroatoms. The summed E-state index contributed by atoms with van der Waals surface area (Å²) >= 11 is 0. The molecule has 0 amide bonds. The number of fused-ring (bicyclic) bond motifs is 1. The highest BCUT2D eigenvalue weighted by Gasteiger charge is 2.14. The van der Waals surface area contributed by atoms with Gasteiger partial charge in [-0.25, -0.2) is 0 Å². The quantitative estimate of drug-likeness (QED) is 0.750. The Balaban J connectivity index is 3.06. The average Bonchev–Trinajstić information content (AvgIpc) is 2.33. The van der Waals surface area contributed by atoms with Gasteiger partial charge in [-0.15, -0.1) is 0 Å². The fourth-order valence-electron chi connectivity index (χ4n) is 2.17. The van der Waals surface area contributed by atoms with E-state index in [9.17, 15) is 10.1 Å². The molecular formula is C14H14N2O. The molecule has 0 N–H and O–H groups in total. The van der Waals surface area contributed by atoms with E-state index in [0.717, 1.165) is 10.9 Å². The van der Waals surface area contributed by atoms with Crippen LogP contribution in [0, 0.1) is 18.3 Å². The van der Waals surface area contributed by atoms with Gasteiger partial charge in [-0.05, 0) is 37.8 Å². The molecule has 2 rings (SSSR count). The summed E-state index contributed by atoms with van der Waals surface area (Å²) in [6.45, 7) is 5.71. The van der Waals surface area contributed by atoms with E-state index >= 15 is 0 Å². The van der Waals surface area contributed by atoms with Crippen LogP contribution >= 0.6 is 0 Å². The maximum atomic E-state index is 12.3. The zero-order valence-electron chi connectivity index (χ0n) is 10.2. The number of hydrogen-bond acceptors (Lipinski definition) is 2. The third-order valence-corrected chi connectivity index (χ3v) is 3.00. The molecule has 0 bridgehead atoms. The molecule has 0 aliphatic carbocycles. The van der Waals surface area contributed by atoms with Crippen molar-refractivity contribution in [3.05, 3.63) is 45.9 Å². The Bertz CT molecular complexity index is 675. The van der Waals surface area contributed by atoms with Gasteiger partial charge in [-0.3, -0.25) is 9.36 Å². The number of nitrogens with zero attached hydrogens (tertiary/aromatic N) is 2. The molecule has 0 radical (unpaired) electrons. The highest BCUT2D eigenvalue weighted by molar-refractivity contribution is 5.86. The Morgan fingerprint density at radius 3 is 2.35 bits per heavy atom. The van der Waals surface area contributed by atoms with Crippen LogP contribution in [0.4, 0.5) is 0 Å². The van der Waals surface area contributed by atoms with Crippen LogP contribution in [0.5, 0.6) is 0 Å². The predicted molar refractivity (Wildman–Crippen MR) is 68.0 cm³/mol. The van der Waals surface area contributed by atoms with Gasteiger partial charge < -0.3 is 0 Å². The summed E-state index contributed by atoms with van der Waals surface area (Å²) in [5.74, 6) is 0. The second-order valence-corrected chi connectivity index (χ2v) is 4.40. The lowest BCUT2D eigenvalue weighted by molar-refractivity contribution is 0.574. The molecule has 1 aromatic carbocycles. The largest absolute Gasteiger partial charge is 0.296 e. The summed E-state index contributed by atoms with van der Waals surface area (Å²) in [5, 5.41) is 10.8. The van der Waals surface area contributed by atoms with Gasteiger partial charge in [0.1, 0.15) is 11.8 Å². The standard InChI is InChI=1S/C14H14N2O/c1-9(2)16-13(8-15)10(3)11-6-4-5-7-12(11)14(16)17/h4-7,9H,1-3H3. The molecule has 0 spiro atoms. The normalized spacial score (nSPS) is 10.8. The fraction of sp³-hybridized carbons (Fsp3) is 0.286. The SMILES string of the molecule is Cc1c(C#N)n(C(C)C)c(=O)c2ccccc12. The van der Waals surface area contributed by atoms with E-state index in [4.69, 9.17) is 0 Å². The summed E-state index contributed by atoms with van der Waals surface area (Å²) in [6, 6.07) is 9.56. The molecule has 0 saturated heterocycles. The average molecular weight is 226 g/mol. The van der Waals surface area contributed by atoms with Gasteiger partial charge in [-0.2, -0.15) is 5.26 Å². The van der Waals surface area contributed by atoms with Crippen molar-refractivity contribution >= 4 is 10.8 Å². The first-order valence-electron chi connectivity index (χ1n) is 5.62. The topological polar surface area (TPSA) is 45.8 Å².